The topological polar surface area (TPSA) is 51.0 Å². The standard InChI is InChI=1S/C19H25ClN4OS/c1-4-16-7-5-6-12-24(16)18(25)13(2)26-19-22-21-17(23(19)3)14-8-10-15(20)11-9-14/h8-11,13,16H,4-7,12H2,1-3H3. The SMILES string of the molecule is CCC1CCCCN1C(=O)C(C)Sc1nnc(-c2ccc(Cl)cc2)n1C. The van der Waals surface area contributed by atoms with Crippen molar-refractivity contribution < 1.29 is 4.79 Å². The number of likely N-dealkylation sites (tertiary alicyclic amines) is 1. The minimum atomic E-state index is -0.178. The van der Waals surface area contributed by atoms with E-state index in [9.17, 15) is 4.79 Å². The summed E-state index contributed by atoms with van der Waals surface area (Å²) in [5.41, 5.74) is 0.956. The van der Waals surface area contributed by atoms with E-state index in [2.05, 4.69) is 22.0 Å². The predicted octanol–water partition coefficient (Wildman–Crippen LogP) is 4.41. The molecule has 1 amide bonds. The second-order valence-electron chi connectivity index (χ2n) is 6.72. The summed E-state index contributed by atoms with van der Waals surface area (Å²) in [6, 6.07) is 7.91. The lowest BCUT2D eigenvalue weighted by molar-refractivity contribution is -0.134. The highest BCUT2D eigenvalue weighted by Crippen LogP contribution is 2.29. The van der Waals surface area contributed by atoms with Gasteiger partial charge in [-0.05, 0) is 56.9 Å². The first-order chi connectivity index (χ1) is 12.5. The van der Waals surface area contributed by atoms with E-state index in [0.717, 1.165) is 42.4 Å². The van der Waals surface area contributed by atoms with Crippen molar-refractivity contribution >= 4 is 29.3 Å². The van der Waals surface area contributed by atoms with Crippen molar-refractivity contribution in [3.63, 3.8) is 0 Å². The van der Waals surface area contributed by atoms with Gasteiger partial charge in [-0.3, -0.25) is 4.79 Å². The van der Waals surface area contributed by atoms with Crippen molar-refractivity contribution in [3.05, 3.63) is 29.3 Å². The average molecular weight is 393 g/mol. The van der Waals surface area contributed by atoms with Crippen LogP contribution in [-0.2, 0) is 11.8 Å². The van der Waals surface area contributed by atoms with Crippen LogP contribution in [0.1, 0.15) is 39.5 Å². The third-order valence-corrected chi connectivity index (χ3v) is 6.32. The highest BCUT2D eigenvalue weighted by molar-refractivity contribution is 8.00. The molecule has 26 heavy (non-hydrogen) atoms. The maximum atomic E-state index is 12.9. The molecule has 5 nitrogen and oxygen atoms in total. The van der Waals surface area contributed by atoms with E-state index >= 15 is 0 Å². The van der Waals surface area contributed by atoms with Crippen molar-refractivity contribution in [2.24, 2.45) is 7.05 Å². The molecule has 2 heterocycles. The smallest absolute Gasteiger partial charge is 0.236 e. The third-order valence-electron chi connectivity index (χ3n) is 4.95. The van der Waals surface area contributed by atoms with E-state index in [1.54, 1.807) is 0 Å². The Morgan fingerprint density at radius 1 is 1.31 bits per heavy atom. The average Bonchev–Trinajstić information content (AvgIpc) is 3.02. The summed E-state index contributed by atoms with van der Waals surface area (Å²) < 4.78 is 1.94. The van der Waals surface area contributed by atoms with Crippen LogP contribution in [0.2, 0.25) is 5.02 Å². The Morgan fingerprint density at radius 2 is 2.04 bits per heavy atom. The van der Waals surface area contributed by atoms with Crippen LogP contribution < -0.4 is 0 Å². The van der Waals surface area contributed by atoms with Crippen LogP contribution in [0.15, 0.2) is 29.4 Å². The van der Waals surface area contributed by atoms with Gasteiger partial charge in [-0.1, -0.05) is 30.3 Å². The first-order valence-corrected chi connectivity index (χ1v) is 10.4. The molecular formula is C19H25ClN4OS. The fourth-order valence-corrected chi connectivity index (χ4v) is 4.44. The second-order valence-corrected chi connectivity index (χ2v) is 8.47. The van der Waals surface area contributed by atoms with Gasteiger partial charge in [0.25, 0.3) is 0 Å². The zero-order valence-corrected chi connectivity index (χ0v) is 17.1. The van der Waals surface area contributed by atoms with Crippen molar-refractivity contribution in [2.75, 3.05) is 6.54 Å². The van der Waals surface area contributed by atoms with Crippen LogP contribution in [0.4, 0.5) is 0 Å². The molecule has 0 bridgehead atoms. The van der Waals surface area contributed by atoms with Crippen molar-refractivity contribution in [1.29, 1.82) is 0 Å². The number of aromatic nitrogens is 3. The molecular weight excluding hydrogens is 368 g/mol. The number of piperidine rings is 1. The van der Waals surface area contributed by atoms with Gasteiger partial charge in [0.2, 0.25) is 5.91 Å². The summed E-state index contributed by atoms with van der Waals surface area (Å²) in [7, 11) is 1.93. The van der Waals surface area contributed by atoms with Gasteiger partial charge < -0.3 is 9.47 Å². The Balaban J connectivity index is 1.72. The molecule has 1 saturated heterocycles. The number of benzene rings is 1. The molecule has 0 spiro atoms. The van der Waals surface area contributed by atoms with Crippen LogP contribution in [0, 0.1) is 0 Å². The van der Waals surface area contributed by atoms with Gasteiger partial charge in [0, 0.05) is 30.2 Å². The Labute approximate surface area is 164 Å². The molecule has 1 aromatic heterocycles. The molecule has 1 aliphatic rings. The van der Waals surface area contributed by atoms with Gasteiger partial charge >= 0.3 is 0 Å². The fourth-order valence-electron chi connectivity index (χ4n) is 3.43. The van der Waals surface area contributed by atoms with Gasteiger partial charge in [0.05, 0.1) is 5.25 Å². The molecule has 0 radical (unpaired) electrons. The molecule has 140 valence electrons. The second kappa shape index (κ2) is 8.44. The molecule has 0 saturated carbocycles. The largest absolute Gasteiger partial charge is 0.339 e. The molecule has 0 aliphatic carbocycles. The first-order valence-electron chi connectivity index (χ1n) is 9.13. The van der Waals surface area contributed by atoms with Crippen molar-refractivity contribution in [3.8, 4) is 11.4 Å². The lowest BCUT2D eigenvalue weighted by Crippen LogP contribution is -2.46. The molecule has 1 fully saturated rings. The summed E-state index contributed by atoms with van der Waals surface area (Å²) in [4.78, 5) is 15.0. The van der Waals surface area contributed by atoms with Gasteiger partial charge in [-0.25, -0.2) is 0 Å². The Kier molecular flexibility index (Phi) is 6.24. The molecule has 7 heteroatoms. The van der Waals surface area contributed by atoms with E-state index in [-0.39, 0.29) is 11.2 Å². The lowest BCUT2D eigenvalue weighted by atomic mass is 10.00. The number of halogens is 1. The highest BCUT2D eigenvalue weighted by Gasteiger charge is 2.30. The van der Waals surface area contributed by atoms with E-state index in [4.69, 9.17) is 11.6 Å². The Hall–Kier alpha value is -1.53. The van der Waals surface area contributed by atoms with E-state index in [1.165, 1.54) is 18.2 Å². The number of carbonyl (C=O) groups is 1. The molecule has 2 atom stereocenters. The predicted molar refractivity (Wildman–Crippen MR) is 106 cm³/mol. The monoisotopic (exact) mass is 392 g/mol. The molecule has 0 N–H and O–H groups in total. The van der Waals surface area contributed by atoms with Crippen LogP contribution in [0.3, 0.4) is 0 Å². The minimum absolute atomic E-state index is 0.178. The van der Waals surface area contributed by atoms with E-state index < -0.39 is 0 Å². The summed E-state index contributed by atoms with van der Waals surface area (Å²) in [5, 5.41) is 9.85. The summed E-state index contributed by atoms with van der Waals surface area (Å²) in [6.45, 7) is 5.00. The normalized spacial score (nSPS) is 18.8. The number of hydrogen-bond donors (Lipinski definition) is 0. The number of nitrogens with zero attached hydrogens (tertiary/aromatic N) is 4. The van der Waals surface area contributed by atoms with Gasteiger partial charge in [0.15, 0.2) is 11.0 Å². The van der Waals surface area contributed by atoms with Crippen LogP contribution >= 0.6 is 23.4 Å². The van der Waals surface area contributed by atoms with Gasteiger partial charge in [-0.2, -0.15) is 0 Å². The van der Waals surface area contributed by atoms with E-state index in [1.807, 2.05) is 42.8 Å². The number of carbonyl (C=O) groups excluding carboxylic acids is 1. The fraction of sp³-hybridized carbons (Fsp3) is 0.526. The van der Waals surface area contributed by atoms with Gasteiger partial charge in [0.1, 0.15) is 0 Å². The van der Waals surface area contributed by atoms with Crippen molar-refractivity contribution in [1.82, 2.24) is 19.7 Å². The Morgan fingerprint density at radius 3 is 2.73 bits per heavy atom. The number of thioether (sulfide) groups is 1. The van der Waals surface area contributed by atoms with Crippen LogP contribution in [-0.4, -0.2) is 43.4 Å². The maximum Gasteiger partial charge on any atom is 0.236 e. The molecule has 2 unspecified atom stereocenters. The molecule has 1 aliphatic heterocycles. The quantitative estimate of drug-likeness (QED) is 0.707. The van der Waals surface area contributed by atoms with Crippen molar-refractivity contribution in [2.45, 2.75) is 56.0 Å². The molecule has 3 rings (SSSR count). The third kappa shape index (κ3) is 4.07. The number of amides is 1. The molecule has 1 aromatic carbocycles. The van der Waals surface area contributed by atoms with Gasteiger partial charge in [-0.15, -0.1) is 10.2 Å². The molecule has 2 aromatic rings. The van der Waals surface area contributed by atoms with Crippen LogP contribution in [0.5, 0.6) is 0 Å². The maximum absolute atomic E-state index is 12.9. The van der Waals surface area contributed by atoms with Crippen LogP contribution in [0.25, 0.3) is 11.4 Å². The summed E-state index contributed by atoms with van der Waals surface area (Å²) >= 11 is 7.43. The zero-order chi connectivity index (χ0) is 18.7. The highest BCUT2D eigenvalue weighted by atomic mass is 35.5. The van der Waals surface area contributed by atoms with E-state index in [0.29, 0.717) is 11.1 Å². The Bertz CT molecular complexity index is 761. The lowest BCUT2D eigenvalue weighted by Gasteiger charge is -2.36. The first kappa shape index (κ1) is 19.2. The minimum Gasteiger partial charge on any atom is -0.339 e. The number of rotatable bonds is 5. The zero-order valence-electron chi connectivity index (χ0n) is 15.5. The number of hydrogen-bond acceptors (Lipinski definition) is 4. The summed E-state index contributed by atoms with van der Waals surface area (Å²) in [6.07, 6.45) is 4.46. The summed E-state index contributed by atoms with van der Waals surface area (Å²) in [5.74, 6) is 0.978.